The van der Waals surface area contributed by atoms with E-state index in [2.05, 4.69) is 106 Å². The summed E-state index contributed by atoms with van der Waals surface area (Å²) in [6.45, 7) is 6.54. The lowest BCUT2D eigenvalue weighted by Gasteiger charge is -2.18. The van der Waals surface area contributed by atoms with Gasteiger partial charge in [-0.05, 0) is 96.3 Å². The van der Waals surface area contributed by atoms with E-state index < -0.39 is 6.10 Å². The molecule has 6 heteroatoms. The van der Waals surface area contributed by atoms with Crippen LogP contribution in [0.25, 0.3) is 0 Å². The molecule has 6 nitrogen and oxygen atoms in total. The highest BCUT2D eigenvalue weighted by molar-refractivity contribution is 5.71. The van der Waals surface area contributed by atoms with Crippen LogP contribution in [0.3, 0.4) is 0 Å². The average molecular weight is 1130 g/mol. The van der Waals surface area contributed by atoms with Gasteiger partial charge in [-0.1, -0.05) is 324 Å². The quantitative estimate of drug-likeness (QED) is 0.0261. The van der Waals surface area contributed by atoms with Crippen molar-refractivity contribution < 1.29 is 28.6 Å². The molecule has 1 unspecified atom stereocenters. The standard InChI is InChI=1S/C75H132O6/c1-4-7-10-13-16-19-21-23-25-27-29-31-33-35-37-39-41-43-45-47-49-51-53-56-59-62-65-68-74(77)80-71-72(70-79-73(76)67-64-61-58-55-18-15-12-9-6-3)81-75(78)69-66-63-60-57-54-52-50-48-46-44-42-40-38-36-34-32-30-28-26-24-22-20-17-14-11-8-5-2/h7,10,16,19,23,25,28-31,35,37,41,43,72H,4-6,8-9,11-15,17-18,20-22,24,26-27,32-34,36,38-40,42,44-71H2,1-3H3/b10-7-,19-16-,25-23-,30-28-,31-29-,37-35-,43-41-. The average Bonchev–Trinajstić information content (AvgIpc) is 3.47. The summed E-state index contributed by atoms with van der Waals surface area (Å²) in [6.07, 6.45) is 91.9. The van der Waals surface area contributed by atoms with Gasteiger partial charge in [0.05, 0.1) is 0 Å². The summed E-state index contributed by atoms with van der Waals surface area (Å²) in [5, 5.41) is 0. The summed E-state index contributed by atoms with van der Waals surface area (Å²) in [7, 11) is 0. The minimum absolute atomic E-state index is 0.0752. The van der Waals surface area contributed by atoms with Crippen molar-refractivity contribution in [2.24, 2.45) is 0 Å². The van der Waals surface area contributed by atoms with Crippen LogP contribution in [-0.4, -0.2) is 37.2 Å². The third-order valence-electron chi connectivity index (χ3n) is 15.4. The molecule has 0 heterocycles. The lowest BCUT2D eigenvalue weighted by molar-refractivity contribution is -0.167. The number of unbranched alkanes of at least 4 members (excludes halogenated alkanes) is 39. The van der Waals surface area contributed by atoms with Crippen molar-refractivity contribution in [1.82, 2.24) is 0 Å². The number of carbonyl (C=O) groups excluding carboxylic acids is 3. The summed E-state index contributed by atoms with van der Waals surface area (Å²) in [5.41, 5.74) is 0. The third-order valence-corrected chi connectivity index (χ3v) is 15.4. The molecule has 0 bridgehead atoms. The highest BCUT2D eigenvalue weighted by atomic mass is 16.6. The molecule has 0 aliphatic rings. The minimum Gasteiger partial charge on any atom is -0.462 e. The topological polar surface area (TPSA) is 78.9 Å². The molecule has 81 heavy (non-hydrogen) atoms. The van der Waals surface area contributed by atoms with Crippen molar-refractivity contribution in [3.8, 4) is 0 Å². The van der Waals surface area contributed by atoms with Crippen molar-refractivity contribution in [2.45, 2.75) is 361 Å². The van der Waals surface area contributed by atoms with E-state index in [1.54, 1.807) is 0 Å². The first kappa shape index (κ1) is 77.6. The molecule has 0 N–H and O–H groups in total. The first-order chi connectivity index (χ1) is 40.0. The van der Waals surface area contributed by atoms with Gasteiger partial charge in [-0.15, -0.1) is 0 Å². The molecule has 0 aliphatic carbocycles. The van der Waals surface area contributed by atoms with E-state index >= 15 is 0 Å². The molecule has 0 aliphatic heterocycles. The largest absolute Gasteiger partial charge is 0.462 e. The Labute approximate surface area is 503 Å². The van der Waals surface area contributed by atoms with Crippen molar-refractivity contribution >= 4 is 17.9 Å². The van der Waals surface area contributed by atoms with E-state index in [0.29, 0.717) is 19.3 Å². The number of hydrogen-bond acceptors (Lipinski definition) is 6. The zero-order chi connectivity index (χ0) is 58.5. The van der Waals surface area contributed by atoms with Gasteiger partial charge in [-0.2, -0.15) is 0 Å². The molecule has 0 rings (SSSR count). The molecule has 1 atom stereocenters. The van der Waals surface area contributed by atoms with E-state index in [1.807, 2.05) is 0 Å². The number of ether oxygens (including phenoxy) is 3. The zero-order valence-corrected chi connectivity index (χ0v) is 53.8. The summed E-state index contributed by atoms with van der Waals surface area (Å²) in [5.74, 6) is -0.870. The number of allylic oxidation sites excluding steroid dienone is 14. The number of esters is 3. The van der Waals surface area contributed by atoms with Crippen molar-refractivity contribution in [3.63, 3.8) is 0 Å². The van der Waals surface area contributed by atoms with Gasteiger partial charge >= 0.3 is 17.9 Å². The molecule has 0 aromatic carbocycles. The van der Waals surface area contributed by atoms with Gasteiger partial charge in [-0.3, -0.25) is 14.4 Å². The maximum Gasteiger partial charge on any atom is 0.306 e. The van der Waals surface area contributed by atoms with E-state index in [0.717, 1.165) is 103 Å². The van der Waals surface area contributed by atoms with Gasteiger partial charge in [0.1, 0.15) is 13.2 Å². The zero-order valence-electron chi connectivity index (χ0n) is 53.8. The Morgan fingerprint density at radius 1 is 0.259 bits per heavy atom. The molecule has 0 fully saturated rings. The summed E-state index contributed by atoms with van der Waals surface area (Å²) in [4.78, 5) is 38.3. The normalized spacial score (nSPS) is 12.6. The lowest BCUT2D eigenvalue weighted by atomic mass is 10.0. The maximum atomic E-state index is 12.9. The lowest BCUT2D eigenvalue weighted by Crippen LogP contribution is -2.30. The fourth-order valence-electron chi connectivity index (χ4n) is 10.2. The second-order valence-electron chi connectivity index (χ2n) is 23.4. The van der Waals surface area contributed by atoms with Crippen molar-refractivity contribution in [3.05, 3.63) is 85.1 Å². The van der Waals surface area contributed by atoms with Gasteiger partial charge in [0.15, 0.2) is 6.10 Å². The van der Waals surface area contributed by atoms with Crippen molar-refractivity contribution in [2.75, 3.05) is 13.2 Å². The Hall–Kier alpha value is -3.41. The summed E-state index contributed by atoms with van der Waals surface area (Å²) in [6, 6.07) is 0. The van der Waals surface area contributed by atoms with Gasteiger partial charge in [0, 0.05) is 19.3 Å². The fourth-order valence-corrected chi connectivity index (χ4v) is 10.2. The maximum absolute atomic E-state index is 12.9. The Morgan fingerprint density at radius 2 is 0.481 bits per heavy atom. The Kier molecular flexibility index (Phi) is 66.2. The van der Waals surface area contributed by atoms with Crippen LogP contribution >= 0.6 is 0 Å². The minimum atomic E-state index is -0.778. The third kappa shape index (κ3) is 67.3. The van der Waals surface area contributed by atoms with Gasteiger partial charge in [0.2, 0.25) is 0 Å². The van der Waals surface area contributed by atoms with Crippen molar-refractivity contribution in [1.29, 1.82) is 0 Å². The van der Waals surface area contributed by atoms with Crippen LogP contribution < -0.4 is 0 Å². The SMILES string of the molecule is CC/C=C\C/C=C\C/C=C\C/C=C\C/C=C\C/C=C\CCCCCCCCCCC(=O)OCC(COC(=O)CCCCCCCCCCC)OC(=O)CCCCCCCCCCCCCCCCC/C=C\CCCCCCCCCC. The smallest absolute Gasteiger partial charge is 0.306 e. The van der Waals surface area contributed by atoms with Crippen LogP contribution in [0.2, 0.25) is 0 Å². The number of hydrogen-bond donors (Lipinski definition) is 0. The molecule has 0 aromatic rings. The molecule has 0 spiro atoms. The molecule has 0 aromatic heterocycles. The molecular weight excluding hydrogens is 997 g/mol. The van der Waals surface area contributed by atoms with Crippen LogP contribution in [0, 0.1) is 0 Å². The molecule has 0 saturated heterocycles. The molecule has 0 saturated carbocycles. The predicted molar refractivity (Wildman–Crippen MR) is 353 cm³/mol. The highest BCUT2D eigenvalue weighted by Gasteiger charge is 2.19. The van der Waals surface area contributed by atoms with E-state index in [-0.39, 0.29) is 31.1 Å². The Bertz CT molecular complexity index is 1530. The van der Waals surface area contributed by atoms with Crippen LogP contribution in [0.5, 0.6) is 0 Å². The van der Waals surface area contributed by atoms with Gasteiger partial charge in [0.25, 0.3) is 0 Å². The fraction of sp³-hybridized carbons (Fsp3) is 0.773. The molecule has 0 radical (unpaired) electrons. The van der Waals surface area contributed by atoms with Crippen LogP contribution in [0.4, 0.5) is 0 Å². The second kappa shape index (κ2) is 69.1. The summed E-state index contributed by atoms with van der Waals surface area (Å²) < 4.78 is 16.9. The second-order valence-corrected chi connectivity index (χ2v) is 23.4. The molecule has 0 amide bonds. The number of rotatable bonds is 64. The van der Waals surface area contributed by atoms with E-state index in [9.17, 15) is 14.4 Å². The van der Waals surface area contributed by atoms with Crippen LogP contribution in [-0.2, 0) is 28.6 Å². The van der Waals surface area contributed by atoms with E-state index in [1.165, 1.54) is 212 Å². The van der Waals surface area contributed by atoms with Crippen LogP contribution in [0.1, 0.15) is 355 Å². The monoisotopic (exact) mass is 1130 g/mol. The first-order valence-corrected chi connectivity index (χ1v) is 35.1. The summed E-state index contributed by atoms with van der Waals surface area (Å²) >= 11 is 0. The Morgan fingerprint density at radius 3 is 0.765 bits per heavy atom. The number of carbonyl (C=O) groups is 3. The molecule has 468 valence electrons. The Balaban J connectivity index is 4.17. The highest BCUT2D eigenvalue weighted by Crippen LogP contribution is 2.17. The van der Waals surface area contributed by atoms with E-state index in [4.69, 9.17) is 14.2 Å². The van der Waals surface area contributed by atoms with Crippen LogP contribution in [0.15, 0.2) is 85.1 Å². The van der Waals surface area contributed by atoms with Gasteiger partial charge in [-0.25, -0.2) is 0 Å². The first-order valence-electron chi connectivity index (χ1n) is 35.1. The van der Waals surface area contributed by atoms with Gasteiger partial charge < -0.3 is 14.2 Å². The molecular formula is C75H132O6. The predicted octanol–water partition coefficient (Wildman–Crippen LogP) is 24.2.